The number of fused-ring (bicyclic) bond motifs is 1. The van der Waals surface area contributed by atoms with E-state index in [1.54, 1.807) is 25.4 Å². The van der Waals surface area contributed by atoms with Crippen LogP contribution in [0.15, 0.2) is 97.2 Å². The second-order valence-corrected chi connectivity index (χ2v) is 15.4. The molecule has 7 nitrogen and oxygen atoms in total. The van der Waals surface area contributed by atoms with Gasteiger partial charge in [-0.1, -0.05) is 86.1 Å². The summed E-state index contributed by atoms with van der Waals surface area (Å²) >= 11 is 6.57. The van der Waals surface area contributed by atoms with E-state index < -0.39 is 15.6 Å². The molecule has 1 saturated heterocycles. The lowest BCUT2D eigenvalue weighted by atomic mass is 9.82. The smallest absolute Gasteiger partial charge is 0.226 e. The summed E-state index contributed by atoms with van der Waals surface area (Å²) in [5, 5.41) is 4.05. The van der Waals surface area contributed by atoms with Crippen LogP contribution in [0.4, 0.5) is 15.8 Å². The zero-order chi connectivity index (χ0) is 33.5. The Balaban J connectivity index is 1.21. The third kappa shape index (κ3) is 7.93. The van der Waals surface area contributed by atoms with Crippen LogP contribution in [0.3, 0.4) is 0 Å². The number of hydrogen-bond acceptors (Lipinski definition) is 7. The maximum atomic E-state index is 15.4. The van der Waals surface area contributed by atoms with Crippen LogP contribution in [0, 0.1) is 5.82 Å². The Morgan fingerprint density at radius 1 is 0.917 bits per heavy atom. The van der Waals surface area contributed by atoms with Crippen molar-refractivity contribution in [2.45, 2.75) is 24.8 Å². The van der Waals surface area contributed by atoms with Gasteiger partial charge >= 0.3 is 0 Å². The van der Waals surface area contributed by atoms with Gasteiger partial charge in [-0.15, -0.1) is 0 Å². The highest BCUT2D eigenvalue weighted by atomic mass is 35.5. The highest BCUT2D eigenvalue weighted by Gasteiger charge is 2.34. The van der Waals surface area contributed by atoms with Crippen LogP contribution in [-0.4, -0.2) is 66.2 Å². The number of nitrogens with zero attached hydrogens (tertiary/aromatic N) is 2. The number of halogens is 2. The Labute approximate surface area is 288 Å². The summed E-state index contributed by atoms with van der Waals surface area (Å²) in [6.07, 6.45) is 1.68. The van der Waals surface area contributed by atoms with Gasteiger partial charge in [0.2, 0.25) is 9.76 Å². The Hall–Kier alpha value is -4.15. The van der Waals surface area contributed by atoms with Gasteiger partial charge in [0.15, 0.2) is 11.5 Å². The predicted octanol–water partition coefficient (Wildman–Crippen LogP) is 7.98. The van der Waals surface area contributed by atoms with Crippen molar-refractivity contribution in [1.82, 2.24) is 9.88 Å². The molecular weight excluding hydrogens is 645 g/mol. The minimum atomic E-state index is -1.26. The lowest BCUT2D eigenvalue weighted by Crippen LogP contribution is -2.38. The maximum Gasteiger partial charge on any atom is 0.226 e. The van der Waals surface area contributed by atoms with E-state index in [1.807, 2.05) is 24.3 Å². The van der Waals surface area contributed by atoms with Crippen LogP contribution in [0.2, 0.25) is 10.1 Å². The molecule has 1 fully saturated rings. The SMILES string of the molecule is COc1cc2c(Nc3cc(O[SiH2]C(C)(C)C(c4ccccc4)c4ccccc4)c(Cl)cc3F)ccnc2cc1OCCN1CCOCC1. The Morgan fingerprint density at radius 3 is 2.27 bits per heavy atom. The van der Waals surface area contributed by atoms with E-state index >= 15 is 4.39 Å². The second-order valence-electron chi connectivity index (χ2n) is 12.6. The van der Waals surface area contributed by atoms with E-state index in [1.165, 1.54) is 17.2 Å². The number of pyridine rings is 1. The minimum absolute atomic E-state index is 0.120. The summed E-state index contributed by atoms with van der Waals surface area (Å²) in [5.41, 5.74) is 4.05. The van der Waals surface area contributed by atoms with Gasteiger partial charge in [0.05, 0.1) is 36.6 Å². The van der Waals surface area contributed by atoms with Gasteiger partial charge in [0.25, 0.3) is 0 Å². The van der Waals surface area contributed by atoms with Gasteiger partial charge in [-0.05, 0) is 34.4 Å². The van der Waals surface area contributed by atoms with Crippen molar-refractivity contribution in [3.63, 3.8) is 0 Å². The van der Waals surface area contributed by atoms with Crippen molar-refractivity contribution >= 4 is 43.6 Å². The quantitative estimate of drug-likeness (QED) is 0.126. The second kappa shape index (κ2) is 15.4. The van der Waals surface area contributed by atoms with Gasteiger partial charge in [0, 0.05) is 55.0 Å². The van der Waals surface area contributed by atoms with Crippen LogP contribution < -0.4 is 19.2 Å². The number of nitrogens with one attached hydrogen (secondary N) is 1. The fraction of sp³-hybridized carbons (Fsp3) is 0.289. The van der Waals surface area contributed by atoms with Crippen LogP contribution in [0.25, 0.3) is 10.9 Å². The van der Waals surface area contributed by atoms with E-state index in [-0.39, 0.29) is 21.7 Å². The third-order valence-electron chi connectivity index (χ3n) is 8.73. The van der Waals surface area contributed by atoms with Crippen molar-refractivity contribution in [2.24, 2.45) is 0 Å². The Morgan fingerprint density at radius 2 is 1.60 bits per heavy atom. The molecule has 0 saturated carbocycles. The summed E-state index contributed by atoms with van der Waals surface area (Å²) in [5.74, 6) is 1.26. The number of anilines is 2. The van der Waals surface area contributed by atoms with Crippen LogP contribution in [0.1, 0.15) is 30.9 Å². The van der Waals surface area contributed by atoms with Crippen LogP contribution in [0.5, 0.6) is 17.2 Å². The van der Waals surface area contributed by atoms with Gasteiger partial charge in [-0.2, -0.15) is 0 Å². The molecule has 0 bridgehead atoms. The number of aromatic nitrogens is 1. The fourth-order valence-electron chi connectivity index (χ4n) is 6.26. The summed E-state index contributed by atoms with van der Waals surface area (Å²) in [6, 6.07) is 29.4. The largest absolute Gasteiger partial charge is 0.548 e. The molecule has 0 atom stereocenters. The molecular formula is C38H41ClFN3O4Si. The molecule has 5 aromatic rings. The highest BCUT2D eigenvalue weighted by molar-refractivity contribution is 6.36. The van der Waals surface area contributed by atoms with E-state index in [2.05, 4.69) is 77.6 Å². The zero-order valence-electron chi connectivity index (χ0n) is 27.5. The Bertz CT molecular complexity index is 1780. The molecule has 0 spiro atoms. The molecule has 0 unspecified atom stereocenters. The molecule has 6 rings (SSSR count). The average molecular weight is 686 g/mol. The lowest BCUT2D eigenvalue weighted by molar-refractivity contribution is 0.0321. The monoisotopic (exact) mass is 685 g/mol. The number of hydrogen-bond donors (Lipinski definition) is 1. The molecule has 250 valence electrons. The van der Waals surface area contributed by atoms with Gasteiger partial charge < -0.3 is 24.0 Å². The van der Waals surface area contributed by atoms with Crippen LogP contribution >= 0.6 is 11.6 Å². The van der Waals surface area contributed by atoms with Crippen LogP contribution in [-0.2, 0) is 4.74 Å². The van der Waals surface area contributed by atoms with Crippen molar-refractivity contribution in [3.8, 4) is 17.2 Å². The first-order valence-corrected chi connectivity index (χ1v) is 17.9. The molecule has 0 radical (unpaired) electrons. The molecule has 1 aliphatic rings. The van der Waals surface area contributed by atoms with Crippen molar-refractivity contribution in [3.05, 3.63) is 119 Å². The molecule has 48 heavy (non-hydrogen) atoms. The number of benzene rings is 4. The standard InChI is InChI=1S/C38H41ClFN3O4Si/c1-38(2,37(26-10-6-4-7-11-26)27-12-8-5-9-13-27)48-47-34-25-33(30(40)23-29(34)39)42-31-14-15-41-32-24-36(35(44-3)22-28(31)32)46-21-18-43-16-19-45-20-17-43/h4-15,22-25,37H,16-21,48H2,1-3H3,(H,41,42). The molecule has 0 amide bonds. The number of rotatable bonds is 13. The molecule has 10 heteroatoms. The molecule has 0 aliphatic carbocycles. The normalized spacial score (nSPS) is 14.1. The molecule has 1 aromatic heterocycles. The van der Waals surface area contributed by atoms with Gasteiger partial charge in [-0.3, -0.25) is 9.88 Å². The third-order valence-corrected chi connectivity index (χ3v) is 10.6. The molecule has 1 aliphatic heterocycles. The summed E-state index contributed by atoms with van der Waals surface area (Å²) < 4.78 is 39.2. The molecule has 4 aromatic carbocycles. The number of methoxy groups -OCH3 is 1. The topological polar surface area (TPSA) is 65.1 Å². The highest BCUT2D eigenvalue weighted by Crippen LogP contribution is 2.46. The number of ether oxygens (including phenoxy) is 3. The van der Waals surface area contributed by atoms with E-state index in [4.69, 9.17) is 30.2 Å². The average Bonchev–Trinajstić information content (AvgIpc) is 3.10. The van der Waals surface area contributed by atoms with Gasteiger partial charge in [-0.25, -0.2) is 4.39 Å². The van der Waals surface area contributed by atoms with Crippen molar-refractivity contribution < 1.29 is 23.0 Å². The van der Waals surface area contributed by atoms with E-state index in [0.717, 1.165) is 38.2 Å². The van der Waals surface area contributed by atoms with Crippen molar-refractivity contribution in [2.75, 3.05) is 51.9 Å². The van der Waals surface area contributed by atoms with E-state index in [0.29, 0.717) is 35.1 Å². The number of morpholine rings is 1. The van der Waals surface area contributed by atoms with E-state index in [9.17, 15) is 0 Å². The summed E-state index contributed by atoms with van der Waals surface area (Å²) in [7, 11) is 0.345. The Kier molecular flexibility index (Phi) is 10.8. The van der Waals surface area contributed by atoms with Crippen molar-refractivity contribution in [1.29, 1.82) is 0 Å². The zero-order valence-corrected chi connectivity index (χ0v) is 29.7. The first kappa shape index (κ1) is 33.7. The first-order valence-electron chi connectivity index (χ1n) is 16.2. The summed E-state index contributed by atoms with van der Waals surface area (Å²) in [4.78, 5) is 6.87. The maximum absolute atomic E-state index is 15.4. The lowest BCUT2D eigenvalue weighted by Gasteiger charge is -2.35. The molecule has 1 N–H and O–H groups in total. The minimum Gasteiger partial charge on any atom is -0.548 e. The summed E-state index contributed by atoms with van der Waals surface area (Å²) in [6.45, 7) is 9.03. The van der Waals surface area contributed by atoms with Gasteiger partial charge in [0.1, 0.15) is 18.2 Å². The molecule has 2 heterocycles. The predicted molar refractivity (Wildman–Crippen MR) is 194 cm³/mol. The first-order chi connectivity index (χ1) is 23.3. The fourth-order valence-corrected chi connectivity index (χ4v) is 7.96.